The van der Waals surface area contributed by atoms with Gasteiger partial charge in [-0.15, -0.1) is 0 Å². The van der Waals surface area contributed by atoms with Gasteiger partial charge in [0.05, 0.1) is 5.69 Å². The van der Waals surface area contributed by atoms with Gasteiger partial charge in [-0.3, -0.25) is 0 Å². The highest BCUT2D eigenvalue weighted by Gasteiger charge is 2.36. The fourth-order valence-corrected chi connectivity index (χ4v) is 3.91. The normalized spacial score (nSPS) is 30.3. The molecule has 0 amide bonds. The zero-order valence-electron chi connectivity index (χ0n) is 10.3. The number of benzene rings is 1. The second-order valence-corrected chi connectivity index (χ2v) is 6.43. The summed E-state index contributed by atoms with van der Waals surface area (Å²) in [7, 11) is 0. The standard InChI is InChI=1S/C14H18BrFN2/c15-10-4-12-11-3-8(6-17)1-2-9(11)7-18-14(12)13(16)5-10/h4-5,8-9,11,18H,1-3,6-7,17H2. The van der Waals surface area contributed by atoms with E-state index in [-0.39, 0.29) is 5.82 Å². The Morgan fingerprint density at radius 1 is 1.39 bits per heavy atom. The van der Waals surface area contributed by atoms with Crippen LogP contribution in [0.1, 0.15) is 30.7 Å². The van der Waals surface area contributed by atoms with Crippen molar-refractivity contribution in [1.29, 1.82) is 0 Å². The third-order valence-corrected chi connectivity index (χ3v) is 4.92. The number of nitrogens with one attached hydrogen (secondary N) is 1. The maximum Gasteiger partial charge on any atom is 0.147 e. The maximum atomic E-state index is 14.0. The first-order valence-corrected chi connectivity index (χ1v) is 7.41. The van der Waals surface area contributed by atoms with Crippen molar-refractivity contribution in [2.45, 2.75) is 25.2 Å². The lowest BCUT2D eigenvalue weighted by Crippen LogP contribution is -2.35. The highest BCUT2D eigenvalue weighted by Crippen LogP contribution is 2.47. The fourth-order valence-electron chi connectivity index (χ4n) is 3.47. The van der Waals surface area contributed by atoms with Gasteiger partial charge in [-0.1, -0.05) is 15.9 Å². The highest BCUT2D eigenvalue weighted by atomic mass is 79.9. The van der Waals surface area contributed by atoms with Crippen LogP contribution in [0.3, 0.4) is 0 Å². The van der Waals surface area contributed by atoms with Crippen LogP contribution in [0.2, 0.25) is 0 Å². The van der Waals surface area contributed by atoms with Gasteiger partial charge in [0.15, 0.2) is 0 Å². The first-order chi connectivity index (χ1) is 8.69. The Balaban J connectivity index is 1.99. The van der Waals surface area contributed by atoms with Crippen LogP contribution in [0.4, 0.5) is 10.1 Å². The second kappa shape index (κ2) is 4.82. The molecule has 2 aliphatic rings. The van der Waals surface area contributed by atoms with E-state index in [2.05, 4.69) is 27.3 Å². The summed E-state index contributed by atoms with van der Waals surface area (Å²) < 4.78 is 14.8. The van der Waals surface area contributed by atoms with Crippen LogP contribution in [0.5, 0.6) is 0 Å². The van der Waals surface area contributed by atoms with Crippen molar-refractivity contribution in [3.05, 3.63) is 28.0 Å². The predicted molar refractivity (Wildman–Crippen MR) is 75.2 cm³/mol. The molecule has 1 aromatic carbocycles. The molecule has 3 unspecified atom stereocenters. The Morgan fingerprint density at radius 3 is 3.00 bits per heavy atom. The zero-order valence-corrected chi connectivity index (χ0v) is 11.8. The number of halogens is 2. The lowest BCUT2D eigenvalue weighted by molar-refractivity contribution is 0.243. The van der Waals surface area contributed by atoms with Crippen molar-refractivity contribution < 1.29 is 4.39 Å². The molecule has 1 fully saturated rings. The Labute approximate surface area is 115 Å². The highest BCUT2D eigenvalue weighted by molar-refractivity contribution is 9.10. The Bertz CT molecular complexity index is 463. The van der Waals surface area contributed by atoms with Crippen molar-refractivity contribution in [3.8, 4) is 0 Å². The molecular formula is C14H18BrFN2. The minimum absolute atomic E-state index is 0.146. The zero-order chi connectivity index (χ0) is 12.7. The molecule has 1 aliphatic carbocycles. The topological polar surface area (TPSA) is 38.0 Å². The van der Waals surface area contributed by atoms with Crippen molar-refractivity contribution in [3.63, 3.8) is 0 Å². The molecule has 0 spiro atoms. The average Bonchev–Trinajstić information content (AvgIpc) is 2.37. The summed E-state index contributed by atoms with van der Waals surface area (Å²) in [6.07, 6.45) is 3.52. The van der Waals surface area contributed by atoms with E-state index in [4.69, 9.17) is 5.73 Å². The molecule has 1 aromatic rings. The molecule has 1 heterocycles. The monoisotopic (exact) mass is 312 g/mol. The fraction of sp³-hybridized carbons (Fsp3) is 0.571. The molecule has 3 N–H and O–H groups in total. The van der Waals surface area contributed by atoms with Crippen LogP contribution in [-0.2, 0) is 0 Å². The molecule has 0 radical (unpaired) electrons. The van der Waals surface area contributed by atoms with Crippen LogP contribution < -0.4 is 11.1 Å². The van der Waals surface area contributed by atoms with Gasteiger partial charge in [-0.25, -0.2) is 4.39 Å². The summed E-state index contributed by atoms with van der Waals surface area (Å²) in [5, 5.41) is 3.26. The third kappa shape index (κ3) is 2.05. The third-order valence-electron chi connectivity index (χ3n) is 4.46. The number of nitrogens with two attached hydrogens (primary N) is 1. The van der Waals surface area contributed by atoms with E-state index in [0.29, 0.717) is 23.4 Å². The van der Waals surface area contributed by atoms with Crippen LogP contribution in [0.25, 0.3) is 0 Å². The van der Waals surface area contributed by atoms with E-state index in [1.54, 1.807) is 0 Å². The van der Waals surface area contributed by atoms with Gasteiger partial charge in [-0.2, -0.15) is 0 Å². The molecule has 98 valence electrons. The summed E-state index contributed by atoms with van der Waals surface area (Å²) in [5.74, 6) is 1.55. The van der Waals surface area contributed by atoms with Crippen molar-refractivity contribution >= 4 is 21.6 Å². The number of anilines is 1. The van der Waals surface area contributed by atoms with Crippen LogP contribution in [0.15, 0.2) is 16.6 Å². The summed E-state index contributed by atoms with van der Waals surface area (Å²) in [5.41, 5.74) is 7.65. The molecule has 0 bridgehead atoms. The lowest BCUT2D eigenvalue weighted by Gasteiger charge is -2.41. The number of fused-ring (bicyclic) bond motifs is 3. The number of rotatable bonds is 1. The molecule has 2 nitrogen and oxygen atoms in total. The average molecular weight is 313 g/mol. The SMILES string of the molecule is NCC1CCC2CNc3c(F)cc(Br)cc3C2C1. The van der Waals surface area contributed by atoms with E-state index in [1.165, 1.54) is 18.9 Å². The molecular weight excluding hydrogens is 295 g/mol. The summed E-state index contributed by atoms with van der Waals surface area (Å²) in [4.78, 5) is 0. The van der Waals surface area contributed by atoms with Crippen LogP contribution in [0, 0.1) is 17.7 Å². The van der Waals surface area contributed by atoms with E-state index >= 15 is 0 Å². The van der Waals surface area contributed by atoms with Crippen molar-refractivity contribution in [1.82, 2.24) is 0 Å². The van der Waals surface area contributed by atoms with E-state index in [0.717, 1.165) is 29.5 Å². The van der Waals surface area contributed by atoms with E-state index in [1.807, 2.05) is 0 Å². The summed E-state index contributed by atoms with van der Waals surface area (Å²) in [6.45, 7) is 1.65. The van der Waals surface area contributed by atoms with Gasteiger partial charge in [0.1, 0.15) is 5.82 Å². The smallest absolute Gasteiger partial charge is 0.147 e. The molecule has 1 aliphatic heterocycles. The first kappa shape index (κ1) is 12.4. The van der Waals surface area contributed by atoms with Gasteiger partial charge in [-0.05, 0) is 61.3 Å². The molecule has 4 heteroatoms. The van der Waals surface area contributed by atoms with E-state index < -0.39 is 0 Å². The van der Waals surface area contributed by atoms with E-state index in [9.17, 15) is 4.39 Å². The Morgan fingerprint density at radius 2 is 2.22 bits per heavy atom. The first-order valence-electron chi connectivity index (χ1n) is 6.62. The van der Waals surface area contributed by atoms with Gasteiger partial charge < -0.3 is 11.1 Å². The molecule has 0 saturated heterocycles. The number of hydrogen-bond donors (Lipinski definition) is 2. The Kier molecular flexibility index (Phi) is 3.32. The molecule has 1 saturated carbocycles. The minimum atomic E-state index is -0.146. The minimum Gasteiger partial charge on any atom is -0.382 e. The number of hydrogen-bond acceptors (Lipinski definition) is 2. The van der Waals surface area contributed by atoms with Gasteiger partial charge in [0, 0.05) is 11.0 Å². The quantitative estimate of drug-likeness (QED) is 0.833. The molecule has 3 atom stereocenters. The second-order valence-electron chi connectivity index (χ2n) is 5.51. The summed E-state index contributed by atoms with van der Waals surface area (Å²) in [6, 6.07) is 3.61. The molecule has 3 rings (SSSR count). The Hall–Kier alpha value is -0.610. The van der Waals surface area contributed by atoms with Gasteiger partial charge >= 0.3 is 0 Å². The van der Waals surface area contributed by atoms with Gasteiger partial charge in [0.25, 0.3) is 0 Å². The largest absolute Gasteiger partial charge is 0.382 e. The van der Waals surface area contributed by atoms with Crippen LogP contribution in [-0.4, -0.2) is 13.1 Å². The summed E-state index contributed by atoms with van der Waals surface area (Å²) >= 11 is 3.40. The van der Waals surface area contributed by atoms with Crippen molar-refractivity contribution in [2.75, 3.05) is 18.4 Å². The van der Waals surface area contributed by atoms with Gasteiger partial charge in [0.2, 0.25) is 0 Å². The maximum absolute atomic E-state index is 14.0. The molecule has 18 heavy (non-hydrogen) atoms. The van der Waals surface area contributed by atoms with Crippen LogP contribution >= 0.6 is 15.9 Å². The lowest BCUT2D eigenvalue weighted by atomic mass is 9.69. The molecule has 0 aromatic heterocycles. The van der Waals surface area contributed by atoms with Crippen molar-refractivity contribution in [2.24, 2.45) is 17.6 Å². The predicted octanol–water partition coefficient (Wildman–Crippen LogP) is 3.47.